The van der Waals surface area contributed by atoms with Gasteiger partial charge in [0.15, 0.2) is 0 Å². The number of aryl methyl sites for hydroxylation is 1. The third-order valence-electron chi connectivity index (χ3n) is 3.64. The lowest BCUT2D eigenvalue weighted by Crippen LogP contribution is -2.29. The van der Waals surface area contributed by atoms with E-state index < -0.39 is 0 Å². The van der Waals surface area contributed by atoms with Crippen LogP contribution in [-0.4, -0.2) is 23.1 Å². The van der Waals surface area contributed by atoms with Gasteiger partial charge in [-0.2, -0.15) is 0 Å². The van der Waals surface area contributed by atoms with E-state index in [9.17, 15) is 5.11 Å². The molecule has 0 saturated carbocycles. The fourth-order valence-electron chi connectivity index (χ4n) is 2.96. The summed E-state index contributed by atoms with van der Waals surface area (Å²) in [5.41, 5.74) is 2.77. The van der Waals surface area contributed by atoms with E-state index in [1.54, 1.807) is 0 Å². The standard InChI is InChI=1S/C15H23NO/c1-3-9-16(10-4-2)15-8-5-12-11-13(17)6-7-14(12)15/h6-7,11,15,17H,3-5,8-10H2,1-2H3. The summed E-state index contributed by atoms with van der Waals surface area (Å²) in [4.78, 5) is 2.60. The van der Waals surface area contributed by atoms with Gasteiger partial charge in [-0.15, -0.1) is 0 Å². The van der Waals surface area contributed by atoms with Crippen LogP contribution in [0, 0.1) is 0 Å². The molecule has 17 heavy (non-hydrogen) atoms. The summed E-state index contributed by atoms with van der Waals surface area (Å²) in [7, 11) is 0. The average molecular weight is 233 g/mol. The Hall–Kier alpha value is -1.02. The molecule has 1 aliphatic rings. The minimum Gasteiger partial charge on any atom is -0.508 e. The van der Waals surface area contributed by atoms with Crippen molar-refractivity contribution in [2.24, 2.45) is 0 Å². The SMILES string of the molecule is CCCN(CCC)C1CCc2cc(O)ccc21. The molecule has 1 aromatic rings. The number of phenols is 1. The van der Waals surface area contributed by atoms with Crippen LogP contribution in [-0.2, 0) is 6.42 Å². The quantitative estimate of drug-likeness (QED) is 0.841. The molecule has 1 aliphatic carbocycles. The van der Waals surface area contributed by atoms with Crippen LogP contribution in [0.4, 0.5) is 0 Å². The van der Waals surface area contributed by atoms with E-state index in [4.69, 9.17) is 0 Å². The number of benzene rings is 1. The van der Waals surface area contributed by atoms with Crippen LogP contribution in [0.15, 0.2) is 18.2 Å². The molecule has 1 N–H and O–H groups in total. The molecule has 2 heteroatoms. The summed E-state index contributed by atoms with van der Waals surface area (Å²) in [6.07, 6.45) is 4.74. The normalized spacial score (nSPS) is 18.6. The molecule has 0 radical (unpaired) electrons. The lowest BCUT2D eigenvalue weighted by atomic mass is 10.1. The van der Waals surface area contributed by atoms with Crippen LogP contribution in [0.1, 0.15) is 50.3 Å². The van der Waals surface area contributed by atoms with E-state index >= 15 is 0 Å². The molecule has 1 unspecified atom stereocenters. The molecule has 0 heterocycles. The highest BCUT2D eigenvalue weighted by atomic mass is 16.3. The molecule has 0 bridgehead atoms. The first-order valence-corrected chi connectivity index (χ1v) is 6.82. The van der Waals surface area contributed by atoms with Gasteiger partial charge in [0.1, 0.15) is 5.75 Å². The highest BCUT2D eigenvalue weighted by Crippen LogP contribution is 2.37. The number of nitrogens with zero attached hydrogens (tertiary/aromatic N) is 1. The minimum absolute atomic E-state index is 0.405. The van der Waals surface area contributed by atoms with E-state index in [0.29, 0.717) is 11.8 Å². The first-order chi connectivity index (χ1) is 8.26. The Morgan fingerprint density at radius 2 is 1.94 bits per heavy atom. The Kier molecular flexibility index (Phi) is 4.06. The van der Waals surface area contributed by atoms with Gasteiger partial charge in [-0.3, -0.25) is 4.90 Å². The number of fused-ring (bicyclic) bond motifs is 1. The zero-order valence-electron chi connectivity index (χ0n) is 10.9. The van der Waals surface area contributed by atoms with Crippen LogP contribution >= 0.6 is 0 Å². The fraction of sp³-hybridized carbons (Fsp3) is 0.600. The number of aromatic hydroxyl groups is 1. The van der Waals surface area contributed by atoms with Crippen LogP contribution < -0.4 is 0 Å². The molecular formula is C15H23NO. The third kappa shape index (κ3) is 2.63. The zero-order chi connectivity index (χ0) is 12.3. The highest BCUT2D eigenvalue weighted by molar-refractivity contribution is 5.40. The fourth-order valence-corrected chi connectivity index (χ4v) is 2.96. The number of hydrogen-bond donors (Lipinski definition) is 1. The van der Waals surface area contributed by atoms with Gasteiger partial charge in [0.25, 0.3) is 0 Å². The zero-order valence-corrected chi connectivity index (χ0v) is 10.9. The molecule has 0 amide bonds. The second-order valence-corrected chi connectivity index (χ2v) is 4.97. The molecule has 2 rings (SSSR count). The summed E-state index contributed by atoms with van der Waals surface area (Å²) < 4.78 is 0. The van der Waals surface area contributed by atoms with Crippen LogP contribution in [0.25, 0.3) is 0 Å². The molecule has 1 aromatic carbocycles. The van der Waals surface area contributed by atoms with Crippen LogP contribution in [0.3, 0.4) is 0 Å². The maximum Gasteiger partial charge on any atom is 0.115 e. The van der Waals surface area contributed by atoms with Crippen molar-refractivity contribution in [1.82, 2.24) is 4.90 Å². The molecule has 0 saturated heterocycles. The van der Waals surface area contributed by atoms with E-state index in [2.05, 4.69) is 24.8 Å². The van der Waals surface area contributed by atoms with Crippen molar-refractivity contribution >= 4 is 0 Å². The molecule has 0 fully saturated rings. The largest absolute Gasteiger partial charge is 0.508 e. The van der Waals surface area contributed by atoms with Crippen molar-refractivity contribution in [3.63, 3.8) is 0 Å². The molecule has 2 nitrogen and oxygen atoms in total. The van der Waals surface area contributed by atoms with Crippen molar-refractivity contribution in [2.45, 2.75) is 45.6 Å². The van der Waals surface area contributed by atoms with Gasteiger partial charge in [-0.25, -0.2) is 0 Å². The summed E-state index contributed by atoms with van der Waals surface area (Å²) in [5, 5.41) is 9.51. The predicted molar refractivity (Wildman–Crippen MR) is 71.3 cm³/mol. The minimum atomic E-state index is 0.405. The Balaban J connectivity index is 2.19. The predicted octanol–water partition coefficient (Wildman–Crippen LogP) is 3.50. The molecule has 0 spiro atoms. The first-order valence-electron chi connectivity index (χ1n) is 6.82. The maximum atomic E-state index is 9.51. The van der Waals surface area contributed by atoms with Crippen molar-refractivity contribution in [1.29, 1.82) is 0 Å². The van der Waals surface area contributed by atoms with Crippen molar-refractivity contribution < 1.29 is 5.11 Å². The Morgan fingerprint density at radius 1 is 1.24 bits per heavy atom. The van der Waals surface area contributed by atoms with E-state index in [-0.39, 0.29) is 0 Å². The van der Waals surface area contributed by atoms with E-state index in [0.717, 1.165) is 6.42 Å². The van der Waals surface area contributed by atoms with Crippen molar-refractivity contribution in [3.8, 4) is 5.75 Å². The van der Waals surface area contributed by atoms with E-state index in [1.807, 2.05) is 12.1 Å². The lowest BCUT2D eigenvalue weighted by Gasteiger charge is -2.28. The summed E-state index contributed by atoms with van der Waals surface area (Å²) in [5.74, 6) is 0.405. The highest BCUT2D eigenvalue weighted by Gasteiger charge is 2.27. The summed E-state index contributed by atoms with van der Waals surface area (Å²) in [6.45, 7) is 6.85. The number of hydrogen-bond acceptors (Lipinski definition) is 2. The van der Waals surface area contributed by atoms with Crippen LogP contribution in [0.2, 0.25) is 0 Å². The Bertz CT molecular complexity index is 369. The van der Waals surface area contributed by atoms with Gasteiger partial charge in [-0.1, -0.05) is 19.9 Å². The summed E-state index contributed by atoms with van der Waals surface area (Å²) >= 11 is 0. The van der Waals surface area contributed by atoms with Crippen LogP contribution in [0.5, 0.6) is 5.75 Å². The molecule has 94 valence electrons. The average Bonchev–Trinajstić information content (AvgIpc) is 2.71. The Labute approximate surface area is 104 Å². The van der Waals surface area contributed by atoms with E-state index in [1.165, 1.54) is 43.5 Å². The second-order valence-electron chi connectivity index (χ2n) is 4.97. The van der Waals surface area contributed by atoms with Crippen molar-refractivity contribution in [2.75, 3.05) is 13.1 Å². The maximum absolute atomic E-state index is 9.51. The van der Waals surface area contributed by atoms with Gasteiger partial charge in [0.2, 0.25) is 0 Å². The van der Waals surface area contributed by atoms with Gasteiger partial charge in [0.05, 0.1) is 0 Å². The topological polar surface area (TPSA) is 23.5 Å². The Morgan fingerprint density at radius 3 is 2.59 bits per heavy atom. The van der Waals surface area contributed by atoms with Gasteiger partial charge >= 0.3 is 0 Å². The molecular weight excluding hydrogens is 210 g/mol. The van der Waals surface area contributed by atoms with Crippen molar-refractivity contribution in [3.05, 3.63) is 29.3 Å². The molecule has 1 atom stereocenters. The molecule has 0 aromatic heterocycles. The number of rotatable bonds is 5. The summed E-state index contributed by atoms with van der Waals surface area (Å²) in [6, 6.07) is 6.45. The number of phenolic OH excluding ortho intramolecular Hbond substituents is 1. The monoisotopic (exact) mass is 233 g/mol. The first kappa shape index (κ1) is 12.4. The van der Waals surface area contributed by atoms with Gasteiger partial charge in [-0.05, 0) is 62.0 Å². The smallest absolute Gasteiger partial charge is 0.115 e. The molecule has 0 aliphatic heterocycles. The van der Waals surface area contributed by atoms with Gasteiger partial charge in [0, 0.05) is 6.04 Å². The van der Waals surface area contributed by atoms with Gasteiger partial charge < -0.3 is 5.11 Å². The lowest BCUT2D eigenvalue weighted by molar-refractivity contribution is 0.197. The third-order valence-corrected chi connectivity index (χ3v) is 3.64. The second kappa shape index (κ2) is 5.54.